The molecule has 0 saturated heterocycles. The van der Waals surface area contributed by atoms with E-state index in [1.165, 1.54) is 5.56 Å². The zero-order chi connectivity index (χ0) is 24.1. The van der Waals surface area contributed by atoms with Crippen LogP contribution in [0.25, 0.3) is 0 Å². The maximum Gasteiger partial charge on any atom is 0.490 e. The van der Waals surface area contributed by atoms with E-state index in [0.717, 1.165) is 36.2 Å². The topological polar surface area (TPSA) is 142 Å². The van der Waals surface area contributed by atoms with Gasteiger partial charge in [0.05, 0.1) is 6.21 Å². The van der Waals surface area contributed by atoms with Crippen molar-refractivity contribution in [2.45, 2.75) is 25.4 Å². The molecule has 0 atom stereocenters. The van der Waals surface area contributed by atoms with Crippen LogP contribution in [0.4, 0.5) is 24.5 Å². The molecule has 32 heavy (non-hydrogen) atoms. The van der Waals surface area contributed by atoms with E-state index in [2.05, 4.69) is 5.10 Å². The molecule has 0 aliphatic heterocycles. The molecule has 8 nitrogen and oxygen atoms in total. The van der Waals surface area contributed by atoms with Gasteiger partial charge in [-0.05, 0) is 54.7 Å². The number of carboxylic acids is 2. The van der Waals surface area contributed by atoms with Crippen molar-refractivity contribution in [3.05, 3.63) is 59.7 Å². The molecule has 2 rings (SSSR count). The lowest BCUT2D eigenvalue weighted by molar-refractivity contribution is -0.192. The van der Waals surface area contributed by atoms with Crippen LogP contribution in [0.3, 0.4) is 0 Å². The molecule has 0 bridgehead atoms. The van der Waals surface area contributed by atoms with Crippen molar-refractivity contribution in [1.82, 2.24) is 0 Å². The molecule has 2 aromatic rings. The molecule has 0 radical (unpaired) electrons. The highest BCUT2D eigenvalue weighted by atomic mass is 19.4. The smallest absolute Gasteiger partial charge is 0.480 e. The fourth-order valence-electron chi connectivity index (χ4n) is 2.67. The summed E-state index contributed by atoms with van der Waals surface area (Å²) in [7, 11) is 0. The predicted octanol–water partition coefficient (Wildman–Crippen LogP) is 3.11. The molecule has 2 aromatic carbocycles. The average Bonchev–Trinajstić information content (AvgIpc) is 2.71. The summed E-state index contributed by atoms with van der Waals surface area (Å²) in [5, 5.41) is 19.8. The highest BCUT2D eigenvalue weighted by Crippen LogP contribution is 2.17. The van der Waals surface area contributed by atoms with E-state index in [-0.39, 0.29) is 6.54 Å². The molecule has 6 N–H and O–H groups in total. The van der Waals surface area contributed by atoms with Crippen molar-refractivity contribution in [3.8, 4) is 0 Å². The van der Waals surface area contributed by atoms with Crippen LogP contribution in [0.15, 0.2) is 53.6 Å². The Morgan fingerprint density at radius 3 is 2.22 bits per heavy atom. The van der Waals surface area contributed by atoms with E-state index in [0.29, 0.717) is 6.54 Å². The molecule has 0 fully saturated rings. The number of nitrogens with zero attached hydrogens (tertiary/aromatic N) is 2. The molecule has 0 aliphatic carbocycles. The minimum Gasteiger partial charge on any atom is -0.480 e. The molecule has 0 aliphatic rings. The van der Waals surface area contributed by atoms with Crippen molar-refractivity contribution in [3.63, 3.8) is 0 Å². The minimum absolute atomic E-state index is 0.0366. The van der Waals surface area contributed by atoms with Gasteiger partial charge >= 0.3 is 18.1 Å². The van der Waals surface area contributed by atoms with Crippen LogP contribution in [0.2, 0.25) is 0 Å². The first-order valence-electron chi connectivity index (χ1n) is 9.47. The number of alkyl halides is 3. The Labute approximate surface area is 182 Å². The Morgan fingerprint density at radius 1 is 1.06 bits per heavy atom. The second-order valence-electron chi connectivity index (χ2n) is 6.69. The molecule has 0 heterocycles. The van der Waals surface area contributed by atoms with Crippen LogP contribution in [0.5, 0.6) is 0 Å². The number of anilines is 2. The normalized spacial score (nSPS) is 11.0. The standard InChI is InChI=1S/C19H24N4O2.C2HF3O2/c20-17-9-7-15(8-10-17)4-1-2-11-23(14-19(24)25)18-6-3-5-16(12-18)13-22-21;3-2(4,5)1(6)7/h3,5-10,12-13H,1-2,4,11,14,20-21H2,(H,24,25);(H,6,7). The molecular formula is C21H25F3N4O4. The van der Waals surface area contributed by atoms with Gasteiger partial charge in [-0.2, -0.15) is 18.3 Å². The van der Waals surface area contributed by atoms with Gasteiger partial charge in [-0.3, -0.25) is 4.79 Å². The highest BCUT2D eigenvalue weighted by Gasteiger charge is 2.38. The third kappa shape index (κ3) is 10.3. The van der Waals surface area contributed by atoms with E-state index in [1.807, 2.05) is 53.4 Å². The highest BCUT2D eigenvalue weighted by molar-refractivity contribution is 5.82. The maximum atomic E-state index is 11.2. The van der Waals surface area contributed by atoms with Crippen molar-refractivity contribution in [2.75, 3.05) is 23.7 Å². The number of hydrazone groups is 1. The lowest BCUT2D eigenvalue weighted by Gasteiger charge is -2.23. The SMILES string of the molecule is NN=Cc1cccc(N(CCCCc2ccc(N)cc2)CC(=O)O)c1.O=C(O)C(F)(F)F. The van der Waals surface area contributed by atoms with Crippen molar-refractivity contribution in [1.29, 1.82) is 0 Å². The summed E-state index contributed by atoms with van der Waals surface area (Å²) in [6.07, 6.45) is -0.721. The summed E-state index contributed by atoms with van der Waals surface area (Å²) in [6.45, 7) is 0.635. The van der Waals surface area contributed by atoms with Crippen molar-refractivity contribution < 1.29 is 33.0 Å². The zero-order valence-corrected chi connectivity index (χ0v) is 17.1. The summed E-state index contributed by atoms with van der Waals surface area (Å²) < 4.78 is 31.7. The van der Waals surface area contributed by atoms with E-state index in [1.54, 1.807) is 6.21 Å². The van der Waals surface area contributed by atoms with Gasteiger partial charge in [-0.25, -0.2) is 4.79 Å². The molecule has 0 saturated carbocycles. The van der Waals surface area contributed by atoms with Gasteiger partial charge in [-0.15, -0.1) is 0 Å². The van der Waals surface area contributed by atoms with Gasteiger partial charge in [0.2, 0.25) is 0 Å². The van der Waals surface area contributed by atoms with Gasteiger partial charge in [0.25, 0.3) is 0 Å². The number of hydrogen-bond donors (Lipinski definition) is 4. The Morgan fingerprint density at radius 2 is 1.69 bits per heavy atom. The fourth-order valence-corrected chi connectivity index (χ4v) is 2.67. The maximum absolute atomic E-state index is 11.2. The molecule has 0 amide bonds. The molecule has 11 heteroatoms. The number of rotatable bonds is 9. The zero-order valence-electron chi connectivity index (χ0n) is 17.1. The number of hydrogen-bond acceptors (Lipinski definition) is 6. The number of nitrogens with two attached hydrogens (primary N) is 2. The first kappa shape index (κ1) is 26.3. The Bertz CT molecular complexity index is 903. The van der Waals surface area contributed by atoms with Crippen LogP contribution in [-0.2, 0) is 16.0 Å². The van der Waals surface area contributed by atoms with Gasteiger partial charge in [0.1, 0.15) is 6.54 Å². The van der Waals surface area contributed by atoms with Crippen LogP contribution >= 0.6 is 0 Å². The molecular weight excluding hydrogens is 429 g/mol. The number of aliphatic carboxylic acids is 2. The number of halogens is 3. The van der Waals surface area contributed by atoms with E-state index < -0.39 is 18.1 Å². The van der Waals surface area contributed by atoms with E-state index in [9.17, 15) is 23.1 Å². The Balaban J connectivity index is 0.000000633. The summed E-state index contributed by atoms with van der Waals surface area (Å²) in [6, 6.07) is 15.4. The average molecular weight is 454 g/mol. The Kier molecular flexibility index (Phi) is 10.5. The summed E-state index contributed by atoms with van der Waals surface area (Å²) >= 11 is 0. The van der Waals surface area contributed by atoms with E-state index in [4.69, 9.17) is 21.5 Å². The summed E-state index contributed by atoms with van der Waals surface area (Å²) in [4.78, 5) is 21.9. The Hall–Kier alpha value is -3.76. The van der Waals surface area contributed by atoms with Crippen LogP contribution in [0, 0.1) is 0 Å². The molecule has 0 spiro atoms. The number of aryl methyl sites for hydroxylation is 1. The first-order valence-corrected chi connectivity index (χ1v) is 9.47. The van der Waals surface area contributed by atoms with Gasteiger partial charge < -0.3 is 26.7 Å². The molecule has 174 valence electrons. The van der Waals surface area contributed by atoms with Crippen molar-refractivity contribution >= 4 is 29.5 Å². The number of carboxylic acid groups (broad SMARTS) is 2. The second-order valence-corrected chi connectivity index (χ2v) is 6.69. The fraction of sp³-hybridized carbons (Fsp3) is 0.286. The van der Waals surface area contributed by atoms with Crippen LogP contribution < -0.4 is 16.5 Å². The molecule has 0 unspecified atom stereocenters. The largest absolute Gasteiger partial charge is 0.490 e. The number of nitrogen functional groups attached to an aromatic ring is 1. The number of benzene rings is 2. The van der Waals surface area contributed by atoms with Crippen LogP contribution in [-0.4, -0.2) is 47.6 Å². The monoisotopic (exact) mass is 454 g/mol. The predicted molar refractivity (Wildman–Crippen MR) is 116 cm³/mol. The van der Waals surface area contributed by atoms with Gasteiger partial charge in [-0.1, -0.05) is 24.3 Å². The van der Waals surface area contributed by atoms with Gasteiger partial charge in [0.15, 0.2) is 0 Å². The minimum atomic E-state index is -5.08. The summed E-state index contributed by atoms with van der Waals surface area (Å²) in [5.74, 6) is 1.58. The number of unbranched alkanes of at least 4 members (excludes halogenated alkanes) is 1. The lowest BCUT2D eigenvalue weighted by Crippen LogP contribution is -2.30. The third-order valence-electron chi connectivity index (χ3n) is 4.15. The van der Waals surface area contributed by atoms with E-state index >= 15 is 0 Å². The van der Waals surface area contributed by atoms with Crippen LogP contribution in [0.1, 0.15) is 24.0 Å². The van der Waals surface area contributed by atoms with Gasteiger partial charge in [0, 0.05) is 17.9 Å². The van der Waals surface area contributed by atoms with Crippen molar-refractivity contribution in [2.24, 2.45) is 10.9 Å². The summed E-state index contributed by atoms with van der Waals surface area (Å²) in [5.41, 5.74) is 9.38. The lowest BCUT2D eigenvalue weighted by atomic mass is 10.1. The molecule has 0 aromatic heterocycles. The first-order chi connectivity index (χ1) is 15.0. The quantitative estimate of drug-likeness (QED) is 0.150. The number of carbonyl (C=O) groups is 2. The third-order valence-corrected chi connectivity index (χ3v) is 4.15. The second kappa shape index (κ2) is 12.8.